The molecule has 3 rings (SSSR count). The molecule has 0 spiro atoms. The summed E-state index contributed by atoms with van der Waals surface area (Å²) in [7, 11) is 1.41. The van der Waals surface area contributed by atoms with Gasteiger partial charge in [-0.2, -0.15) is 0 Å². The minimum atomic E-state index is -1.03. The predicted molar refractivity (Wildman–Crippen MR) is 92.5 cm³/mol. The SMILES string of the molecule is COC(=O)N1CC[C@@H]2[C@H]1CCCC[C@@]2(O)C#Cc1cccc(C)c1. The highest BCUT2D eigenvalue weighted by molar-refractivity contribution is 5.68. The van der Waals surface area contributed by atoms with Crippen LogP contribution in [0.5, 0.6) is 0 Å². The number of ether oxygens (including phenoxy) is 1. The Morgan fingerprint density at radius 1 is 1.38 bits per heavy atom. The van der Waals surface area contributed by atoms with Crippen LogP contribution in [0.25, 0.3) is 0 Å². The molecule has 0 radical (unpaired) electrons. The van der Waals surface area contributed by atoms with Crippen molar-refractivity contribution in [3.63, 3.8) is 0 Å². The van der Waals surface area contributed by atoms with Gasteiger partial charge in [0.2, 0.25) is 0 Å². The number of likely N-dealkylation sites (tertiary alicyclic amines) is 1. The largest absolute Gasteiger partial charge is 0.453 e. The minimum absolute atomic E-state index is 0.00332. The first-order chi connectivity index (χ1) is 11.5. The number of aliphatic hydroxyl groups is 1. The van der Waals surface area contributed by atoms with Crippen molar-refractivity contribution in [2.75, 3.05) is 13.7 Å². The standard InChI is InChI=1S/C20H25NO3/c1-15-6-5-7-16(14-15)9-12-20(23)11-4-3-8-18-17(20)10-13-21(18)19(22)24-2/h5-7,14,17-18,23H,3-4,8,10-11,13H2,1-2H3/t17-,18-,20-/m1/s1. The van der Waals surface area contributed by atoms with E-state index in [9.17, 15) is 9.90 Å². The molecule has 4 heteroatoms. The fourth-order valence-corrected chi connectivity index (χ4v) is 4.10. The van der Waals surface area contributed by atoms with E-state index in [0.29, 0.717) is 13.0 Å². The Morgan fingerprint density at radius 3 is 2.96 bits per heavy atom. The highest BCUT2D eigenvalue weighted by Gasteiger charge is 2.49. The van der Waals surface area contributed by atoms with Gasteiger partial charge in [0.1, 0.15) is 5.60 Å². The smallest absolute Gasteiger partial charge is 0.409 e. The summed E-state index contributed by atoms with van der Waals surface area (Å²) < 4.78 is 4.90. The maximum Gasteiger partial charge on any atom is 0.409 e. The van der Waals surface area contributed by atoms with Crippen LogP contribution in [0.3, 0.4) is 0 Å². The number of hydrogen-bond donors (Lipinski definition) is 1. The second-order valence-corrected chi connectivity index (χ2v) is 6.92. The molecule has 1 aromatic carbocycles. The van der Waals surface area contributed by atoms with Crippen molar-refractivity contribution >= 4 is 6.09 Å². The summed E-state index contributed by atoms with van der Waals surface area (Å²) in [6.45, 7) is 2.67. The lowest BCUT2D eigenvalue weighted by Crippen LogP contribution is -2.45. The van der Waals surface area contributed by atoms with Gasteiger partial charge >= 0.3 is 6.09 Å². The van der Waals surface area contributed by atoms with E-state index in [4.69, 9.17) is 4.74 Å². The number of benzene rings is 1. The molecule has 0 aromatic heterocycles. The van der Waals surface area contributed by atoms with E-state index in [1.165, 1.54) is 7.11 Å². The third-order valence-corrected chi connectivity index (χ3v) is 5.32. The first-order valence-corrected chi connectivity index (χ1v) is 8.70. The molecule has 1 N–H and O–H groups in total. The van der Waals surface area contributed by atoms with Crippen LogP contribution >= 0.6 is 0 Å². The summed E-state index contributed by atoms with van der Waals surface area (Å²) in [5.41, 5.74) is 1.05. The highest BCUT2D eigenvalue weighted by Crippen LogP contribution is 2.41. The Morgan fingerprint density at radius 2 is 2.21 bits per heavy atom. The summed E-state index contributed by atoms with van der Waals surface area (Å²) in [5, 5.41) is 11.3. The maximum atomic E-state index is 12.0. The number of aryl methyl sites for hydroxylation is 1. The third kappa shape index (κ3) is 3.27. The van der Waals surface area contributed by atoms with Crippen LogP contribution in [0.4, 0.5) is 4.79 Å². The molecule has 3 atom stereocenters. The third-order valence-electron chi connectivity index (χ3n) is 5.32. The molecule has 24 heavy (non-hydrogen) atoms. The van der Waals surface area contributed by atoms with E-state index in [-0.39, 0.29) is 18.1 Å². The number of carbonyl (C=O) groups excluding carboxylic acids is 1. The van der Waals surface area contributed by atoms with Gasteiger partial charge in [-0.15, -0.1) is 0 Å². The van der Waals surface area contributed by atoms with Crippen LogP contribution < -0.4 is 0 Å². The summed E-state index contributed by atoms with van der Waals surface area (Å²) in [6.07, 6.45) is 4.00. The lowest BCUT2D eigenvalue weighted by Gasteiger charge is -2.32. The molecule has 0 unspecified atom stereocenters. The van der Waals surface area contributed by atoms with Crippen LogP contribution in [-0.2, 0) is 4.74 Å². The van der Waals surface area contributed by atoms with Gasteiger partial charge in [-0.3, -0.25) is 0 Å². The van der Waals surface area contributed by atoms with Crippen molar-refractivity contribution in [2.45, 2.75) is 50.7 Å². The van der Waals surface area contributed by atoms with Gasteiger partial charge in [-0.1, -0.05) is 30.4 Å². The van der Waals surface area contributed by atoms with Crippen molar-refractivity contribution in [3.05, 3.63) is 35.4 Å². The first-order valence-electron chi connectivity index (χ1n) is 8.70. The van der Waals surface area contributed by atoms with E-state index in [1.807, 2.05) is 31.2 Å². The number of methoxy groups -OCH3 is 1. The Labute approximate surface area is 143 Å². The number of fused-ring (bicyclic) bond motifs is 1. The van der Waals surface area contributed by atoms with Crippen molar-refractivity contribution in [1.82, 2.24) is 4.90 Å². The highest BCUT2D eigenvalue weighted by atomic mass is 16.5. The normalized spacial score (nSPS) is 29.2. The summed E-state index contributed by atoms with van der Waals surface area (Å²) in [4.78, 5) is 13.8. The Kier molecular flexibility index (Phi) is 4.82. The number of rotatable bonds is 0. The van der Waals surface area contributed by atoms with Crippen LogP contribution in [0, 0.1) is 24.7 Å². The van der Waals surface area contributed by atoms with Gasteiger partial charge in [0.05, 0.1) is 7.11 Å². The lowest BCUT2D eigenvalue weighted by atomic mass is 9.81. The topological polar surface area (TPSA) is 49.8 Å². The fraction of sp³-hybridized carbons (Fsp3) is 0.550. The van der Waals surface area contributed by atoms with Crippen LogP contribution in [0.1, 0.15) is 43.2 Å². The Bertz CT molecular complexity index is 675. The van der Waals surface area contributed by atoms with Crippen LogP contribution in [0.2, 0.25) is 0 Å². The van der Waals surface area contributed by atoms with Crippen molar-refractivity contribution in [3.8, 4) is 11.8 Å². The number of nitrogens with zero attached hydrogens (tertiary/aromatic N) is 1. The number of amides is 1. The molecule has 1 saturated heterocycles. The van der Waals surface area contributed by atoms with Gasteiger partial charge < -0.3 is 14.7 Å². The monoisotopic (exact) mass is 327 g/mol. The van der Waals surface area contributed by atoms with Crippen molar-refractivity contribution in [1.29, 1.82) is 0 Å². The molecular formula is C20H25NO3. The molecule has 4 nitrogen and oxygen atoms in total. The zero-order valence-electron chi connectivity index (χ0n) is 14.4. The van der Waals surface area contributed by atoms with Gasteiger partial charge in [0, 0.05) is 24.1 Å². The average molecular weight is 327 g/mol. The predicted octanol–water partition coefficient (Wildman–Crippen LogP) is 3.11. The quantitative estimate of drug-likeness (QED) is 0.745. The fourth-order valence-electron chi connectivity index (χ4n) is 4.10. The summed E-state index contributed by atoms with van der Waals surface area (Å²) in [6, 6.07) is 8.03. The van der Waals surface area contributed by atoms with Gasteiger partial charge in [-0.25, -0.2) is 4.79 Å². The summed E-state index contributed by atoms with van der Waals surface area (Å²) in [5.74, 6) is 6.31. The van der Waals surface area contributed by atoms with Crippen molar-refractivity contribution in [2.24, 2.45) is 5.92 Å². The van der Waals surface area contributed by atoms with Crippen LogP contribution in [0.15, 0.2) is 24.3 Å². The molecule has 1 aliphatic carbocycles. The molecule has 1 amide bonds. The van der Waals surface area contributed by atoms with Crippen molar-refractivity contribution < 1.29 is 14.6 Å². The van der Waals surface area contributed by atoms with E-state index in [0.717, 1.165) is 36.8 Å². The molecule has 2 fully saturated rings. The minimum Gasteiger partial charge on any atom is -0.453 e. The molecule has 128 valence electrons. The zero-order valence-corrected chi connectivity index (χ0v) is 14.4. The van der Waals surface area contributed by atoms with Crippen LogP contribution in [-0.4, -0.2) is 41.4 Å². The van der Waals surface area contributed by atoms with Gasteiger partial charge in [0.15, 0.2) is 0 Å². The van der Waals surface area contributed by atoms with E-state index < -0.39 is 5.60 Å². The van der Waals surface area contributed by atoms with E-state index in [2.05, 4.69) is 11.8 Å². The molecule has 1 heterocycles. The molecule has 1 aliphatic heterocycles. The molecule has 2 aliphatic rings. The van der Waals surface area contributed by atoms with E-state index in [1.54, 1.807) is 4.90 Å². The molecule has 1 aromatic rings. The lowest BCUT2D eigenvalue weighted by molar-refractivity contribution is 0.0197. The Balaban J connectivity index is 1.87. The maximum absolute atomic E-state index is 12.0. The second kappa shape index (κ2) is 6.86. The number of hydrogen-bond acceptors (Lipinski definition) is 3. The Hall–Kier alpha value is -1.99. The molecule has 0 bridgehead atoms. The first kappa shape index (κ1) is 16.9. The number of carbonyl (C=O) groups is 1. The molecular weight excluding hydrogens is 302 g/mol. The summed E-state index contributed by atoms with van der Waals surface area (Å²) >= 11 is 0. The van der Waals surface area contributed by atoms with Gasteiger partial charge in [0.25, 0.3) is 0 Å². The zero-order chi connectivity index (χ0) is 17.2. The average Bonchev–Trinajstić information content (AvgIpc) is 2.94. The van der Waals surface area contributed by atoms with Gasteiger partial charge in [-0.05, 0) is 50.3 Å². The molecule has 1 saturated carbocycles. The van der Waals surface area contributed by atoms with E-state index >= 15 is 0 Å². The second-order valence-electron chi connectivity index (χ2n) is 6.92.